The highest BCUT2D eigenvalue weighted by Gasteiger charge is 2.32. The molecule has 19 heavy (non-hydrogen) atoms. The molecule has 104 valence electrons. The smallest absolute Gasteiger partial charge is 0.168 e. The van der Waals surface area contributed by atoms with Gasteiger partial charge in [0, 0.05) is 17.2 Å². The molecule has 0 heterocycles. The number of nitrogen functional groups attached to an aromatic ring is 1. The molecule has 0 spiro atoms. The highest BCUT2D eigenvalue weighted by atomic mass is 19.1. The Morgan fingerprint density at radius 2 is 2.26 bits per heavy atom. The van der Waals surface area contributed by atoms with Crippen molar-refractivity contribution >= 4 is 11.5 Å². The molecule has 0 saturated heterocycles. The van der Waals surface area contributed by atoms with Gasteiger partial charge < -0.3 is 15.9 Å². The summed E-state index contributed by atoms with van der Waals surface area (Å²) in [6.45, 7) is 1.28. The van der Waals surface area contributed by atoms with Crippen molar-refractivity contribution < 1.29 is 19.4 Å². The molecule has 5 heteroatoms. The molecule has 1 aliphatic rings. The number of hydrogen-bond donors (Lipinski definition) is 3. The van der Waals surface area contributed by atoms with Crippen LogP contribution in [0.3, 0.4) is 0 Å². The number of rotatable bonds is 3. The number of hydrogen-bond acceptors (Lipinski definition) is 4. The number of aliphatic hydroxyl groups is 2. The Kier molecular flexibility index (Phi) is 3.87. The molecule has 1 aliphatic carbocycles. The lowest BCUT2D eigenvalue weighted by Gasteiger charge is -2.27. The van der Waals surface area contributed by atoms with Crippen LogP contribution >= 0.6 is 0 Å². The van der Waals surface area contributed by atoms with Crippen molar-refractivity contribution in [2.45, 2.75) is 32.3 Å². The molecule has 2 atom stereocenters. The van der Waals surface area contributed by atoms with Crippen molar-refractivity contribution in [1.29, 1.82) is 0 Å². The first-order valence-electron chi connectivity index (χ1n) is 6.36. The Labute approximate surface area is 111 Å². The van der Waals surface area contributed by atoms with Gasteiger partial charge in [-0.3, -0.25) is 4.79 Å². The van der Waals surface area contributed by atoms with Crippen LogP contribution in [0.1, 0.15) is 34.3 Å². The van der Waals surface area contributed by atoms with Gasteiger partial charge in [0.05, 0.1) is 12.7 Å². The summed E-state index contributed by atoms with van der Waals surface area (Å²) in [6.07, 6.45) is 0.424. The maximum atomic E-state index is 13.6. The number of halogens is 1. The molecule has 0 amide bonds. The van der Waals surface area contributed by atoms with E-state index in [1.807, 2.05) is 0 Å². The summed E-state index contributed by atoms with van der Waals surface area (Å²) in [5, 5.41) is 18.3. The summed E-state index contributed by atoms with van der Waals surface area (Å²) in [4.78, 5) is 12.4. The van der Waals surface area contributed by atoms with Gasteiger partial charge in [0.1, 0.15) is 5.82 Å². The number of nitrogens with two attached hydrogens (primary N) is 1. The Morgan fingerprint density at radius 3 is 2.89 bits per heavy atom. The SMILES string of the molecule is Cc1c(F)cc(N)c2c1CCC(CC(O)CO)C2=O. The molecule has 0 bridgehead atoms. The summed E-state index contributed by atoms with van der Waals surface area (Å²) in [6, 6.07) is 1.18. The monoisotopic (exact) mass is 267 g/mol. The van der Waals surface area contributed by atoms with Crippen LogP contribution in [-0.4, -0.2) is 28.7 Å². The minimum Gasteiger partial charge on any atom is -0.398 e. The lowest BCUT2D eigenvalue weighted by Crippen LogP contribution is -2.29. The van der Waals surface area contributed by atoms with Gasteiger partial charge in [0.25, 0.3) is 0 Å². The standard InChI is InChI=1S/C14H18FNO3/c1-7-10-3-2-8(4-9(18)6-17)14(19)13(10)12(16)5-11(7)15/h5,8-9,17-18H,2-4,6,16H2,1H3. The number of Topliss-reactive ketones (excluding diaryl/α,β-unsaturated/α-hetero) is 1. The van der Waals surface area contributed by atoms with Crippen molar-refractivity contribution in [2.75, 3.05) is 12.3 Å². The van der Waals surface area contributed by atoms with Gasteiger partial charge in [0.2, 0.25) is 0 Å². The van der Waals surface area contributed by atoms with Gasteiger partial charge >= 0.3 is 0 Å². The van der Waals surface area contributed by atoms with Crippen molar-refractivity contribution in [3.05, 3.63) is 28.6 Å². The largest absolute Gasteiger partial charge is 0.398 e. The van der Waals surface area contributed by atoms with E-state index in [0.29, 0.717) is 29.5 Å². The number of carbonyl (C=O) groups is 1. The van der Waals surface area contributed by atoms with E-state index in [9.17, 15) is 14.3 Å². The number of fused-ring (bicyclic) bond motifs is 1. The van der Waals surface area contributed by atoms with Crippen molar-refractivity contribution in [1.82, 2.24) is 0 Å². The van der Waals surface area contributed by atoms with E-state index in [0.717, 1.165) is 0 Å². The van der Waals surface area contributed by atoms with E-state index >= 15 is 0 Å². The third-order valence-electron chi connectivity index (χ3n) is 3.81. The maximum Gasteiger partial charge on any atom is 0.168 e. The Hall–Kier alpha value is -1.46. The number of carbonyl (C=O) groups excluding carboxylic acids is 1. The molecule has 2 unspecified atom stereocenters. The molecule has 0 aliphatic heterocycles. The van der Waals surface area contributed by atoms with E-state index < -0.39 is 11.9 Å². The van der Waals surface area contributed by atoms with Gasteiger partial charge in [-0.15, -0.1) is 0 Å². The number of aliphatic hydroxyl groups excluding tert-OH is 2. The van der Waals surface area contributed by atoms with E-state index in [1.165, 1.54) is 6.07 Å². The minimum atomic E-state index is -0.904. The first-order valence-corrected chi connectivity index (χ1v) is 6.36. The van der Waals surface area contributed by atoms with Crippen molar-refractivity contribution in [3.8, 4) is 0 Å². The molecule has 0 saturated carbocycles. The second kappa shape index (κ2) is 5.27. The fourth-order valence-electron chi connectivity index (χ4n) is 2.71. The molecule has 4 nitrogen and oxygen atoms in total. The second-order valence-electron chi connectivity index (χ2n) is 5.10. The highest BCUT2D eigenvalue weighted by molar-refractivity contribution is 6.04. The zero-order chi connectivity index (χ0) is 14.2. The van der Waals surface area contributed by atoms with Crippen LogP contribution in [0, 0.1) is 18.7 Å². The van der Waals surface area contributed by atoms with Crippen LogP contribution in [0.15, 0.2) is 6.07 Å². The van der Waals surface area contributed by atoms with Crippen LogP contribution in [0.2, 0.25) is 0 Å². The van der Waals surface area contributed by atoms with E-state index in [1.54, 1.807) is 6.92 Å². The average Bonchev–Trinajstić information content (AvgIpc) is 2.38. The normalized spacial score (nSPS) is 20.2. The third-order valence-corrected chi connectivity index (χ3v) is 3.81. The Balaban J connectivity index is 2.36. The zero-order valence-electron chi connectivity index (χ0n) is 10.8. The molecule has 0 aromatic heterocycles. The van der Waals surface area contributed by atoms with Gasteiger partial charge in [-0.05, 0) is 43.4 Å². The van der Waals surface area contributed by atoms with Crippen molar-refractivity contribution in [2.24, 2.45) is 5.92 Å². The molecular formula is C14H18FNO3. The van der Waals surface area contributed by atoms with Crippen LogP contribution in [0.25, 0.3) is 0 Å². The van der Waals surface area contributed by atoms with Crippen LogP contribution in [0.5, 0.6) is 0 Å². The fourth-order valence-corrected chi connectivity index (χ4v) is 2.71. The van der Waals surface area contributed by atoms with Gasteiger partial charge in [0.15, 0.2) is 5.78 Å². The lowest BCUT2D eigenvalue weighted by atomic mass is 9.78. The third kappa shape index (κ3) is 2.48. The molecule has 2 rings (SSSR count). The highest BCUT2D eigenvalue weighted by Crippen LogP contribution is 2.34. The van der Waals surface area contributed by atoms with Crippen LogP contribution in [-0.2, 0) is 6.42 Å². The van der Waals surface area contributed by atoms with Gasteiger partial charge in [-0.2, -0.15) is 0 Å². The van der Waals surface area contributed by atoms with Crippen LogP contribution in [0.4, 0.5) is 10.1 Å². The summed E-state index contributed by atoms with van der Waals surface area (Å²) in [5.74, 6) is -0.908. The summed E-state index contributed by atoms with van der Waals surface area (Å²) >= 11 is 0. The number of benzene rings is 1. The predicted octanol–water partition coefficient (Wildman–Crippen LogP) is 1.20. The number of ketones is 1. The zero-order valence-corrected chi connectivity index (χ0v) is 10.8. The molecule has 1 aromatic carbocycles. The molecular weight excluding hydrogens is 249 g/mol. The summed E-state index contributed by atoms with van der Waals surface area (Å²) in [7, 11) is 0. The van der Waals surface area contributed by atoms with E-state index in [4.69, 9.17) is 10.8 Å². The Bertz CT molecular complexity index is 516. The van der Waals surface area contributed by atoms with E-state index in [-0.39, 0.29) is 30.4 Å². The Morgan fingerprint density at radius 1 is 1.58 bits per heavy atom. The topological polar surface area (TPSA) is 83.6 Å². The predicted molar refractivity (Wildman–Crippen MR) is 69.4 cm³/mol. The average molecular weight is 267 g/mol. The quantitative estimate of drug-likeness (QED) is 0.719. The minimum absolute atomic E-state index is 0.158. The van der Waals surface area contributed by atoms with Crippen LogP contribution < -0.4 is 5.73 Å². The molecule has 0 fully saturated rings. The summed E-state index contributed by atoms with van der Waals surface area (Å²) < 4.78 is 13.6. The number of anilines is 1. The molecule has 1 aromatic rings. The lowest BCUT2D eigenvalue weighted by molar-refractivity contribution is 0.0619. The molecule has 4 N–H and O–H groups in total. The first kappa shape index (κ1) is 14.0. The molecule has 0 radical (unpaired) electrons. The first-order chi connectivity index (χ1) is 8.95. The fraction of sp³-hybridized carbons (Fsp3) is 0.500. The second-order valence-corrected chi connectivity index (χ2v) is 5.10. The summed E-state index contributed by atoms with van der Waals surface area (Å²) in [5.41, 5.74) is 7.45. The maximum absolute atomic E-state index is 13.6. The van der Waals surface area contributed by atoms with Gasteiger partial charge in [-0.1, -0.05) is 0 Å². The van der Waals surface area contributed by atoms with Crippen molar-refractivity contribution in [3.63, 3.8) is 0 Å². The van der Waals surface area contributed by atoms with Gasteiger partial charge in [-0.25, -0.2) is 4.39 Å². The van der Waals surface area contributed by atoms with E-state index in [2.05, 4.69) is 0 Å².